The molecule has 0 aliphatic heterocycles. The number of hydrogen-bond acceptors (Lipinski definition) is 1. The summed E-state index contributed by atoms with van der Waals surface area (Å²) in [7, 11) is 0. The van der Waals surface area contributed by atoms with Crippen molar-refractivity contribution in [3.8, 4) is 0 Å². The molecule has 0 atom stereocenters. The fourth-order valence-electron chi connectivity index (χ4n) is 1.46. The molecule has 0 amide bonds. The van der Waals surface area contributed by atoms with E-state index in [1.54, 1.807) is 0 Å². The molecular formula is C16H25O. The van der Waals surface area contributed by atoms with Crippen molar-refractivity contribution in [1.82, 2.24) is 0 Å². The molecule has 0 aromatic rings. The highest BCUT2D eigenvalue weighted by Crippen LogP contribution is 2.03. The van der Waals surface area contributed by atoms with Crippen LogP contribution in [0.5, 0.6) is 0 Å². The van der Waals surface area contributed by atoms with Gasteiger partial charge in [0, 0.05) is 6.42 Å². The van der Waals surface area contributed by atoms with Crippen LogP contribution >= 0.6 is 0 Å². The first-order valence-corrected chi connectivity index (χ1v) is 6.71. The monoisotopic (exact) mass is 233 g/mol. The van der Waals surface area contributed by atoms with E-state index in [2.05, 4.69) is 43.4 Å². The number of carbonyl (C=O) groups excluding carboxylic acids is 1. The maximum absolute atomic E-state index is 9.95. The van der Waals surface area contributed by atoms with Gasteiger partial charge in [-0.25, -0.2) is 0 Å². The van der Waals surface area contributed by atoms with E-state index in [9.17, 15) is 4.79 Å². The van der Waals surface area contributed by atoms with Gasteiger partial charge in [-0.1, -0.05) is 49.8 Å². The molecule has 0 rings (SSSR count). The molecule has 0 heterocycles. The van der Waals surface area contributed by atoms with E-state index in [0.29, 0.717) is 6.42 Å². The van der Waals surface area contributed by atoms with Crippen molar-refractivity contribution in [1.29, 1.82) is 0 Å². The van der Waals surface area contributed by atoms with Gasteiger partial charge in [-0.2, -0.15) is 0 Å². The van der Waals surface area contributed by atoms with E-state index >= 15 is 0 Å². The van der Waals surface area contributed by atoms with Crippen LogP contribution in [0.1, 0.15) is 58.3 Å². The second-order valence-corrected chi connectivity index (χ2v) is 4.04. The van der Waals surface area contributed by atoms with Gasteiger partial charge in [-0.05, 0) is 38.5 Å². The first kappa shape index (κ1) is 15.9. The van der Waals surface area contributed by atoms with E-state index in [-0.39, 0.29) is 0 Å². The first-order valence-electron chi connectivity index (χ1n) is 6.71. The molecule has 0 spiro atoms. The van der Waals surface area contributed by atoms with Gasteiger partial charge < -0.3 is 0 Å². The minimum Gasteiger partial charge on any atom is -0.291 e. The lowest BCUT2D eigenvalue weighted by atomic mass is 10.1. The van der Waals surface area contributed by atoms with Crippen LogP contribution in [0.2, 0.25) is 0 Å². The van der Waals surface area contributed by atoms with Gasteiger partial charge in [0.1, 0.15) is 0 Å². The summed E-state index contributed by atoms with van der Waals surface area (Å²) in [5, 5.41) is 0. The van der Waals surface area contributed by atoms with Crippen molar-refractivity contribution in [3.05, 3.63) is 36.5 Å². The highest BCUT2D eigenvalue weighted by molar-refractivity contribution is 5.50. The highest BCUT2D eigenvalue weighted by Gasteiger charge is 1.86. The van der Waals surface area contributed by atoms with Crippen LogP contribution in [-0.2, 0) is 4.79 Å². The molecule has 1 nitrogen and oxygen atoms in total. The SMILES string of the molecule is CCC=CCC=CCC=CCCCCC[C]=O. The summed E-state index contributed by atoms with van der Waals surface area (Å²) in [5.74, 6) is 0. The van der Waals surface area contributed by atoms with Crippen LogP contribution in [0, 0.1) is 0 Å². The molecule has 0 aliphatic rings. The zero-order valence-electron chi connectivity index (χ0n) is 11.0. The van der Waals surface area contributed by atoms with Crippen molar-refractivity contribution in [3.63, 3.8) is 0 Å². The van der Waals surface area contributed by atoms with E-state index < -0.39 is 0 Å². The fraction of sp³-hybridized carbons (Fsp3) is 0.562. The lowest BCUT2D eigenvalue weighted by molar-refractivity contribution is 0.545. The van der Waals surface area contributed by atoms with Gasteiger partial charge in [0.15, 0.2) is 6.29 Å². The molecule has 95 valence electrons. The van der Waals surface area contributed by atoms with Crippen LogP contribution in [-0.4, -0.2) is 6.29 Å². The van der Waals surface area contributed by atoms with Gasteiger partial charge in [0.05, 0.1) is 0 Å². The Hall–Kier alpha value is -1.11. The molecule has 0 aromatic heterocycles. The maximum atomic E-state index is 9.95. The third-order valence-electron chi connectivity index (χ3n) is 2.43. The van der Waals surface area contributed by atoms with E-state index in [1.807, 2.05) is 6.29 Å². The average Bonchev–Trinajstić information content (AvgIpc) is 2.35. The van der Waals surface area contributed by atoms with Gasteiger partial charge in [-0.15, -0.1) is 0 Å². The predicted molar refractivity (Wildman–Crippen MR) is 75.7 cm³/mol. The van der Waals surface area contributed by atoms with Crippen molar-refractivity contribution < 1.29 is 4.79 Å². The zero-order valence-corrected chi connectivity index (χ0v) is 11.0. The quantitative estimate of drug-likeness (QED) is 0.366. The minimum absolute atomic E-state index is 0.595. The largest absolute Gasteiger partial charge is 0.291 e. The molecule has 0 saturated carbocycles. The highest BCUT2D eigenvalue weighted by atomic mass is 16.1. The van der Waals surface area contributed by atoms with Gasteiger partial charge in [0.25, 0.3) is 0 Å². The Morgan fingerprint density at radius 1 is 0.824 bits per heavy atom. The Labute approximate surface area is 106 Å². The number of unbranched alkanes of at least 4 members (excludes halogenated alkanes) is 4. The molecule has 17 heavy (non-hydrogen) atoms. The molecule has 0 aromatic carbocycles. The van der Waals surface area contributed by atoms with E-state index in [1.165, 1.54) is 6.42 Å². The summed E-state index contributed by atoms with van der Waals surface area (Å²) in [6, 6.07) is 0. The van der Waals surface area contributed by atoms with Gasteiger partial charge in [-0.3, -0.25) is 4.79 Å². The third kappa shape index (κ3) is 14.9. The normalized spacial score (nSPS) is 12.1. The van der Waals surface area contributed by atoms with Crippen LogP contribution < -0.4 is 0 Å². The fourth-order valence-corrected chi connectivity index (χ4v) is 1.46. The van der Waals surface area contributed by atoms with Crippen LogP contribution in [0.4, 0.5) is 0 Å². The van der Waals surface area contributed by atoms with Gasteiger partial charge in [0.2, 0.25) is 0 Å². The molecule has 0 saturated heterocycles. The molecule has 0 unspecified atom stereocenters. The van der Waals surface area contributed by atoms with Gasteiger partial charge >= 0.3 is 0 Å². The Morgan fingerprint density at radius 2 is 1.47 bits per heavy atom. The lowest BCUT2D eigenvalue weighted by Crippen LogP contribution is -1.77. The Kier molecular flexibility index (Phi) is 13.9. The van der Waals surface area contributed by atoms with Crippen LogP contribution in [0.3, 0.4) is 0 Å². The van der Waals surface area contributed by atoms with Crippen LogP contribution in [0.25, 0.3) is 0 Å². The zero-order chi connectivity index (χ0) is 12.6. The van der Waals surface area contributed by atoms with Crippen molar-refractivity contribution >= 4 is 6.29 Å². The number of rotatable bonds is 11. The summed E-state index contributed by atoms with van der Waals surface area (Å²) in [5.41, 5.74) is 0. The predicted octanol–water partition coefficient (Wildman–Crippen LogP) is 4.91. The summed E-state index contributed by atoms with van der Waals surface area (Å²) in [6.45, 7) is 2.15. The van der Waals surface area contributed by atoms with E-state index in [4.69, 9.17) is 0 Å². The number of hydrogen-bond donors (Lipinski definition) is 0. The standard InChI is InChI=1S/C16H25O/c1-2-3-4-5-6-7-8-9-10-11-12-13-14-15-16-17/h3-4,6-7,9-10H,2,5,8,11-15H2,1H3. The summed E-state index contributed by atoms with van der Waals surface area (Å²) in [4.78, 5) is 9.95. The van der Waals surface area contributed by atoms with Crippen molar-refractivity contribution in [2.75, 3.05) is 0 Å². The Bertz CT molecular complexity index is 236. The molecule has 1 radical (unpaired) electrons. The molecule has 0 aliphatic carbocycles. The average molecular weight is 233 g/mol. The smallest absolute Gasteiger partial charge is 0.198 e. The topological polar surface area (TPSA) is 17.1 Å². The maximum Gasteiger partial charge on any atom is 0.198 e. The molecule has 0 fully saturated rings. The summed E-state index contributed by atoms with van der Waals surface area (Å²) >= 11 is 0. The Morgan fingerprint density at radius 3 is 2.12 bits per heavy atom. The number of allylic oxidation sites excluding steroid dienone is 6. The summed E-state index contributed by atoms with van der Waals surface area (Å²) in [6.07, 6.45) is 23.4. The van der Waals surface area contributed by atoms with Crippen molar-refractivity contribution in [2.24, 2.45) is 0 Å². The van der Waals surface area contributed by atoms with Crippen LogP contribution in [0.15, 0.2) is 36.5 Å². The molecular weight excluding hydrogens is 208 g/mol. The van der Waals surface area contributed by atoms with Crippen molar-refractivity contribution in [2.45, 2.75) is 58.3 Å². The second kappa shape index (κ2) is 14.9. The lowest BCUT2D eigenvalue weighted by Gasteiger charge is -1.92. The first-order chi connectivity index (χ1) is 8.41. The molecule has 0 bridgehead atoms. The Balaban J connectivity index is 3.24. The molecule has 1 heteroatoms. The molecule has 0 N–H and O–H groups in total. The summed E-state index contributed by atoms with van der Waals surface area (Å²) < 4.78 is 0. The van der Waals surface area contributed by atoms with E-state index in [0.717, 1.165) is 38.5 Å². The third-order valence-corrected chi connectivity index (χ3v) is 2.43. The minimum atomic E-state index is 0.595. The second-order valence-electron chi connectivity index (χ2n) is 4.04.